The van der Waals surface area contributed by atoms with Crippen molar-refractivity contribution in [2.45, 2.75) is 131 Å². The maximum atomic E-state index is 13.3. The SMILES string of the molecule is C.O=C1NS(=O)(=O)[C@@H]2CCN(C2)C(=O)CC[C@@H]2CC[C@H]2CN2C[C@@]3(CCCc4cc(Cl)ccc43)COc3ccc1cc32.O=C1NS(=O)(=O)[C@H]2CCN(C2)C(=O)CC[C@@H]2CC[C@H]2CN2C[C@@]3(CCCc4cc(Cl)ccc43)COc3ccc1cc32. The van der Waals surface area contributed by atoms with Gasteiger partial charge in [-0.3, -0.25) is 19.2 Å². The molecule has 4 aliphatic carbocycles. The third kappa shape index (κ3) is 11.2. The van der Waals surface area contributed by atoms with Gasteiger partial charge in [-0.1, -0.05) is 42.8 Å². The number of benzene rings is 4. The highest BCUT2D eigenvalue weighted by Gasteiger charge is 2.47. The molecule has 4 amide bonds. The minimum Gasteiger partial charge on any atom is -0.490 e. The fraction of sp³-hybridized carbons (Fsp3) is 0.556. The molecule has 2 saturated heterocycles. The lowest BCUT2D eigenvalue weighted by Crippen LogP contribution is -2.48. The molecule has 0 aromatic heterocycles. The van der Waals surface area contributed by atoms with Crippen molar-refractivity contribution >= 4 is 78.3 Å². The van der Waals surface area contributed by atoms with E-state index in [0.717, 1.165) is 125 Å². The number of hydrogen-bond donors (Lipinski definition) is 2. The molecule has 20 heteroatoms. The summed E-state index contributed by atoms with van der Waals surface area (Å²) < 4.78 is 70.3. The van der Waals surface area contributed by atoms with Crippen LogP contribution in [-0.2, 0) is 53.3 Å². The lowest BCUT2D eigenvalue weighted by Gasteiger charge is -2.44. The van der Waals surface area contributed by atoms with Crippen molar-refractivity contribution in [3.05, 3.63) is 116 Å². The van der Waals surface area contributed by atoms with Gasteiger partial charge in [-0.15, -0.1) is 0 Å². The molecular formula is C63H76Cl2N6O10S2. The largest absolute Gasteiger partial charge is 0.490 e. The Kier molecular flexibility index (Phi) is 15.8. The number of hydrogen-bond acceptors (Lipinski definition) is 12. The number of sulfonamides is 2. The molecule has 6 heterocycles. The zero-order valence-corrected chi connectivity index (χ0v) is 49.4. The Hall–Kier alpha value is -5.56. The molecule has 2 saturated carbocycles. The number of fused-ring (bicyclic) bond motifs is 12. The van der Waals surface area contributed by atoms with Gasteiger partial charge in [0, 0.05) is 97.2 Å². The minimum absolute atomic E-state index is 0. The molecule has 444 valence electrons. The van der Waals surface area contributed by atoms with E-state index < -0.39 is 42.4 Å². The van der Waals surface area contributed by atoms with E-state index >= 15 is 0 Å². The van der Waals surface area contributed by atoms with Gasteiger partial charge in [-0.05, 0) is 196 Å². The monoisotopic (exact) mass is 1210 g/mol. The molecule has 0 radical (unpaired) electrons. The second-order valence-electron chi connectivity index (χ2n) is 25.3. The van der Waals surface area contributed by atoms with Crippen LogP contribution in [0.25, 0.3) is 0 Å². The Morgan fingerprint density at radius 3 is 1.31 bits per heavy atom. The van der Waals surface area contributed by atoms with Crippen LogP contribution in [0.1, 0.15) is 140 Å². The molecule has 2 spiro atoms. The van der Waals surface area contributed by atoms with Crippen LogP contribution in [0.2, 0.25) is 10.0 Å². The van der Waals surface area contributed by atoms with Gasteiger partial charge in [-0.25, -0.2) is 26.3 Å². The molecule has 8 atom stereocenters. The van der Waals surface area contributed by atoms with E-state index in [1.807, 2.05) is 24.3 Å². The van der Waals surface area contributed by atoms with E-state index in [0.29, 0.717) is 87.2 Å². The Morgan fingerprint density at radius 1 is 0.482 bits per heavy atom. The lowest BCUT2D eigenvalue weighted by atomic mass is 9.69. The Labute approximate surface area is 498 Å². The molecule has 4 fully saturated rings. The molecule has 6 aliphatic heterocycles. The summed E-state index contributed by atoms with van der Waals surface area (Å²) in [6.45, 7) is 5.19. The number of carbonyl (C=O) groups excluding carboxylic acids is 4. The number of nitrogens with zero attached hydrogens (tertiary/aromatic N) is 4. The normalized spacial score (nSPS) is 30.5. The van der Waals surface area contributed by atoms with Crippen molar-refractivity contribution in [1.29, 1.82) is 0 Å². The van der Waals surface area contributed by atoms with Crippen molar-refractivity contribution in [2.75, 3.05) is 75.4 Å². The topological polar surface area (TPSA) is 192 Å². The van der Waals surface area contributed by atoms with Crippen LogP contribution in [0.5, 0.6) is 11.5 Å². The van der Waals surface area contributed by atoms with Gasteiger partial charge < -0.3 is 29.1 Å². The first-order chi connectivity index (χ1) is 39.4. The van der Waals surface area contributed by atoms with E-state index in [4.69, 9.17) is 32.7 Å². The van der Waals surface area contributed by atoms with Crippen LogP contribution in [0, 0.1) is 23.7 Å². The summed E-state index contributed by atoms with van der Waals surface area (Å²) in [5.74, 6) is 1.92. The second-order valence-corrected chi connectivity index (χ2v) is 30.1. The molecule has 0 unspecified atom stereocenters. The summed E-state index contributed by atoms with van der Waals surface area (Å²) >= 11 is 12.8. The quantitative estimate of drug-likeness (QED) is 0.170. The van der Waals surface area contributed by atoms with Crippen molar-refractivity contribution < 1.29 is 45.5 Å². The Morgan fingerprint density at radius 2 is 0.904 bits per heavy atom. The highest BCUT2D eigenvalue weighted by molar-refractivity contribution is 7.91. The molecule has 4 aromatic carbocycles. The maximum absolute atomic E-state index is 13.3. The van der Waals surface area contributed by atoms with Gasteiger partial charge in [-0.2, -0.15) is 0 Å². The van der Waals surface area contributed by atoms with Crippen molar-refractivity contribution in [1.82, 2.24) is 19.2 Å². The number of aryl methyl sites for hydroxylation is 2. The molecule has 10 aliphatic rings. The lowest BCUT2D eigenvalue weighted by molar-refractivity contribution is -0.131. The number of rotatable bonds is 0. The number of ether oxygens (including phenoxy) is 2. The van der Waals surface area contributed by atoms with Crippen LogP contribution in [0.15, 0.2) is 72.8 Å². The predicted octanol–water partition coefficient (Wildman–Crippen LogP) is 9.22. The van der Waals surface area contributed by atoms with Crippen molar-refractivity contribution in [3.8, 4) is 11.5 Å². The average Bonchev–Trinajstić information content (AvgIpc) is 2.95. The Bertz CT molecular complexity index is 3250. The van der Waals surface area contributed by atoms with Gasteiger partial charge in [0.1, 0.15) is 11.5 Å². The summed E-state index contributed by atoms with van der Waals surface area (Å²) in [6, 6.07) is 22.9. The van der Waals surface area contributed by atoms with Crippen LogP contribution < -0.4 is 28.7 Å². The first-order valence-electron chi connectivity index (χ1n) is 29.7. The van der Waals surface area contributed by atoms with E-state index in [2.05, 4.69) is 43.5 Å². The molecule has 16 nitrogen and oxygen atoms in total. The first-order valence-corrected chi connectivity index (χ1v) is 33.6. The summed E-state index contributed by atoms with van der Waals surface area (Å²) in [5, 5.41) is -0.1000. The van der Waals surface area contributed by atoms with E-state index in [1.54, 1.807) is 34.1 Å². The van der Waals surface area contributed by atoms with Crippen molar-refractivity contribution in [2.24, 2.45) is 23.7 Å². The fourth-order valence-electron chi connectivity index (χ4n) is 15.5. The first kappa shape index (κ1) is 57.9. The fourth-order valence-corrected chi connectivity index (χ4v) is 18.5. The molecular weight excluding hydrogens is 1140 g/mol. The molecule has 8 bridgehead atoms. The third-order valence-corrected chi connectivity index (χ3v) is 24.4. The van der Waals surface area contributed by atoms with E-state index in [9.17, 15) is 36.0 Å². The summed E-state index contributed by atoms with van der Waals surface area (Å²) in [7, 11) is -7.88. The van der Waals surface area contributed by atoms with E-state index in [-0.39, 0.29) is 54.3 Å². The number of carbonyl (C=O) groups is 4. The van der Waals surface area contributed by atoms with Crippen LogP contribution in [-0.4, -0.2) is 126 Å². The number of anilines is 2. The van der Waals surface area contributed by atoms with Crippen LogP contribution in [0.4, 0.5) is 11.4 Å². The van der Waals surface area contributed by atoms with Gasteiger partial charge >= 0.3 is 0 Å². The maximum Gasteiger partial charge on any atom is 0.264 e. The molecule has 2 N–H and O–H groups in total. The van der Waals surface area contributed by atoms with Gasteiger partial charge in [0.05, 0.1) is 35.1 Å². The van der Waals surface area contributed by atoms with Crippen LogP contribution >= 0.6 is 23.2 Å². The van der Waals surface area contributed by atoms with Gasteiger partial charge in [0.15, 0.2) is 0 Å². The zero-order chi connectivity index (χ0) is 56.7. The third-order valence-electron chi connectivity index (χ3n) is 20.5. The van der Waals surface area contributed by atoms with Gasteiger partial charge in [0.25, 0.3) is 11.8 Å². The molecule has 83 heavy (non-hydrogen) atoms. The number of halogens is 2. The summed E-state index contributed by atoms with van der Waals surface area (Å²) in [4.78, 5) is 60.7. The highest BCUT2D eigenvalue weighted by atomic mass is 35.5. The molecule has 4 aromatic rings. The van der Waals surface area contributed by atoms with E-state index in [1.165, 1.54) is 22.3 Å². The van der Waals surface area contributed by atoms with Gasteiger partial charge in [0.2, 0.25) is 31.9 Å². The second kappa shape index (κ2) is 22.7. The highest BCUT2D eigenvalue weighted by Crippen LogP contribution is 2.49. The van der Waals surface area contributed by atoms with Crippen LogP contribution in [0.3, 0.4) is 0 Å². The average molecular weight is 1210 g/mol. The Balaban J connectivity index is 0.000000162. The number of amides is 4. The van der Waals surface area contributed by atoms with Crippen molar-refractivity contribution in [3.63, 3.8) is 0 Å². The summed E-state index contributed by atoms with van der Waals surface area (Å²) in [5.41, 5.74) is 6.85. The standard InChI is InChI=1S/2C31H36ClN3O5S.CH4/c2*32-24-7-8-26-21(14-24)2-1-12-31(26)18-35-16-23-4-3-20(23)6-10-29(36)34-13-11-25(17-34)41(38,39)33-30(37)22-5-9-28(40-19-31)27(35)15-22;/h2*5,7-9,14-15,20,23,25H,1-4,6,10-13,16-19H2,(H,33,37);1H4/t20-,23-,25+,31-;20-,23-,25-,31-;/m00./s1. The zero-order valence-electron chi connectivity index (χ0n) is 46.2. The predicted molar refractivity (Wildman–Crippen MR) is 321 cm³/mol. The smallest absolute Gasteiger partial charge is 0.264 e. The molecule has 14 rings (SSSR count). The minimum atomic E-state index is -3.94. The number of nitrogens with one attached hydrogen (secondary N) is 2. The summed E-state index contributed by atoms with van der Waals surface area (Å²) in [6.07, 6.45) is 13.6.